The molecule has 1 aliphatic rings. The Morgan fingerprint density at radius 1 is 0.943 bits per heavy atom. The molecule has 35 heavy (non-hydrogen) atoms. The van der Waals surface area contributed by atoms with E-state index < -0.39 is 18.1 Å². The van der Waals surface area contributed by atoms with Crippen molar-refractivity contribution in [1.82, 2.24) is 5.32 Å². The molecule has 1 unspecified atom stereocenters. The number of halogens is 1. The summed E-state index contributed by atoms with van der Waals surface area (Å²) in [6.07, 6.45) is -0.587. The van der Waals surface area contributed by atoms with Crippen LogP contribution in [-0.2, 0) is 16.0 Å². The summed E-state index contributed by atoms with van der Waals surface area (Å²) < 4.78 is 5.52. The normalized spacial score (nSPS) is 13.1. The number of benzene rings is 3. The lowest BCUT2D eigenvalue weighted by molar-refractivity contribution is -0.139. The van der Waals surface area contributed by atoms with E-state index >= 15 is 0 Å². The first-order chi connectivity index (χ1) is 17.0. The highest BCUT2D eigenvalue weighted by Crippen LogP contribution is 2.44. The van der Waals surface area contributed by atoms with Gasteiger partial charge in [-0.25, -0.2) is 9.59 Å². The number of hydrogen-bond donors (Lipinski definition) is 2. The van der Waals surface area contributed by atoms with Crippen molar-refractivity contribution in [3.8, 4) is 21.6 Å². The summed E-state index contributed by atoms with van der Waals surface area (Å²) in [5.74, 6) is -1.20. The molecule has 0 spiro atoms. The Morgan fingerprint density at radius 2 is 1.63 bits per heavy atom. The number of hydrogen-bond acceptors (Lipinski definition) is 4. The predicted molar refractivity (Wildman–Crippen MR) is 138 cm³/mol. The van der Waals surface area contributed by atoms with Crippen molar-refractivity contribution in [3.05, 3.63) is 106 Å². The maximum absolute atomic E-state index is 12.6. The number of ether oxygens (including phenoxy) is 1. The number of nitrogens with one attached hydrogen (secondary N) is 1. The van der Waals surface area contributed by atoms with Crippen LogP contribution < -0.4 is 5.32 Å². The van der Waals surface area contributed by atoms with Gasteiger partial charge in [-0.3, -0.25) is 0 Å². The summed E-state index contributed by atoms with van der Waals surface area (Å²) in [5.41, 5.74) is 5.43. The van der Waals surface area contributed by atoms with Gasteiger partial charge in [0, 0.05) is 27.1 Å². The van der Waals surface area contributed by atoms with Gasteiger partial charge in [-0.15, -0.1) is 11.3 Å². The number of aliphatic carboxylic acids is 1. The van der Waals surface area contributed by atoms with Gasteiger partial charge in [0.05, 0.1) is 0 Å². The minimum atomic E-state index is -1.11. The smallest absolute Gasteiger partial charge is 0.407 e. The second kappa shape index (κ2) is 9.94. The molecule has 3 aromatic carbocycles. The van der Waals surface area contributed by atoms with E-state index in [-0.39, 0.29) is 18.9 Å². The molecule has 0 fully saturated rings. The van der Waals surface area contributed by atoms with E-state index in [1.807, 2.05) is 66.7 Å². The molecular weight excluding hydrogens is 482 g/mol. The summed E-state index contributed by atoms with van der Waals surface area (Å²) in [6.45, 7) is 0.129. The molecule has 1 aliphatic carbocycles. The van der Waals surface area contributed by atoms with Crippen molar-refractivity contribution in [1.29, 1.82) is 0 Å². The van der Waals surface area contributed by atoms with Crippen LogP contribution in [0.25, 0.3) is 21.6 Å². The van der Waals surface area contributed by atoms with Crippen LogP contribution >= 0.6 is 22.9 Å². The Morgan fingerprint density at radius 3 is 2.29 bits per heavy atom. The van der Waals surface area contributed by atoms with Gasteiger partial charge in [-0.1, -0.05) is 72.3 Å². The van der Waals surface area contributed by atoms with Crippen LogP contribution in [0.3, 0.4) is 0 Å². The zero-order chi connectivity index (χ0) is 24.4. The number of carbonyl (C=O) groups excluding carboxylic acids is 1. The number of amides is 1. The molecule has 2 N–H and O–H groups in total. The predicted octanol–water partition coefficient (Wildman–Crippen LogP) is 6.60. The van der Waals surface area contributed by atoms with E-state index in [4.69, 9.17) is 16.3 Å². The third-order valence-electron chi connectivity index (χ3n) is 6.11. The first-order valence-corrected chi connectivity index (χ1v) is 12.4. The van der Waals surface area contributed by atoms with Gasteiger partial charge >= 0.3 is 12.1 Å². The zero-order valence-corrected chi connectivity index (χ0v) is 20.2. The number of carboxylic acid groups (broad SMARTS) is 1. The third-order valence-corrected chi connectivity index (χ3v) is 7.50. The minimum Gasteiger partial charge on any atom is -0.480 e. The summed E-state index contributed by atoms with van der Waals surface area (Å²) in [5, 5.41) is 12.9. The highest BCUT2D eigenvalue weighted by atomic mass is 35.5. The van der Waals surface area contributed by atoms with E-state index in [2.05, 4.69) is 17.4 Å². The van der Waals surface area contributed by atoms with Crippen LogP contribution in [0.1, 0.15) is 21.9 Å². The monoisotopic (exact) mass is 503 g/mol. The third kappa shape index (κ3) is 4.94. The van der Waals surface area contributed by atoms with Gasteiger partial charge in [0.15, 0.2) is 0 Å². The van der Waals surface area contributed by atoms with Gasteiger partial charge in [0.2, 0.25) is 0 Å². The summed E-state index contributed by atoms with van der Waals surface area (Å²) in [4.78, 5) is 26.3. The first kappa shape index (κ1) is 23.1. The highest BCUT2D eigenvalue weighted by molar-refractivity contribution is 7.15. The molecule has 176 valence electrons. The number of fused-ring (bicyclic) bond motifs is 3. The zero-order valence-electron chi connectivity index (χ0n) is 18.6. The largest absolute Gasteiger partial charge is 0.480 e. The second-order valence-electron chi connectivity index (χ2n) is 8.34. The van der Waals surface area contributed by atoms with Crippen LogP contribution in [0.4, 0.5) is 4.79 Å². The summed E-state index contributed by atoms with van der Waals surface area (Å²) >= 11 is 7.55. The molecule has 0 aliphatic heterocycles. The lowest BCUT2D eigenvalue weighted by Gasteiger charge is -2.17. The van der Waals surface area contributed by atoms with Gasteiger partial charge in [0.25, 0.3) is 0 Å². The van der Waals surface area contributed by atoms with Crippen LogP contribution in [0.15, 0.2) is 84.9 Å². The van der Waals surface area contributed by atoms with Crippen LogP contribution in [0.2, 0.25) is 5.02 Å². The summed E-state index contributed by atoms with van der Waals surface area (Å²) in [7, 11) is 0. The topological polar surface area (TPSA) is 75.6 Å². The van der Waals surface area contributed by atoms with Crippen molar-refractivity contribution in [2.24, 2.45) is 0 Å². The van der Waals surface area contributed by atoms with Crippen LogP contribution in [0, 0.1) is 0 Å². The van der Waals surface area contributed by atoms with Gasteiger partial charge < -0.3 is 15.2 Å². The lowest BCUT2D eigenvalue weighted by Crippen LogP contribution is -2.42. The fourth-order valence-corrected chi connectivity index (χ4v) is 5.71. The number of carboxylic acids is 1. The fraction of sp³-hybridized carbons (Fsp3) is 0.143. The minimum absolute atomic E-state index is 0.0889. The van der Waals surface area contributed by atoms with Gasteiger partial charge in [-0.05, 0) is 52.1 Å². The molecule has 1 amide bonds. The lowest BCUT2D eigenvalue weighted by atomic mass is 9.98. The Kier molecular flexibility index (Phi) is 6.57. The Hall–Kier alpha value is -3.61. The number of alkyl carbamates (subject to hydrolysis) is 1. The van der Waals surface area contributed by atoms with Crippen molar-refractivity contribution < 1.29 is 19.4 Å². The molecule has 0 saturated heterocycles. The maximum atomic E-state index is 12.6. The SMILES string of the molecule is O=C(NC(Cc1ccc(-c2cccc(Cl)c2)s1)C(=O)O)OCC1c2ccccc2-c2ccccc21. The molecule has 1 atom stereocenters. The van der Waals surface area contributed by atoms with Crippen LogP contribution in [0.5, 0.6) is 0 Å². The molecule has 1 aromatic heterocycles. The number of rotatable bonds is 7. The van der Waals surface area contributed by atoms with Crippen molar-refractivity contribution in [2.45, 2.75) is 18.4 Å². The molecule has 5 nitrogen and oxygen atoms in total. The molecule has 0 saturated carbocycles. The highest BCUT2D eigenvalue weighted by Gasteiger charge is 2.30. The van der Waals surface area contributed by atoms with Crippen molar-refractivity contribution in [3.63, 3.8) is 0 Å². The quantitative estimate of drug-likeness (QED) is 0.298. The second-order valence-corrected chi connectivity index (χ2v) is 9.95. The van der Waals surface area contributed by atoms with E-state index in [0.717, 1.165) is 37.6 Å². The fourth-order valence-electron chi connectivity index (χ4n) is 4.47. The average Bonchev–Trinajstić information content (AvgIpc) is 3.45. The molecule has 1 heterocycles. The molecule has 0 radical (unpaired) electrons. The molecule has 7 heteroatoms. The molecule has 0 bridgehead atoms. The van der Waals surface area contributed by atoms with Gasteiger partial charge in [0.1, 0.15) is 12.6 Å². The first-order valence-electron chi connectivity index (χ1n) is 11.2. The Labute approximate surface area is 212 Å². The van der Waals surface area contributed by atoms with E-state index in [0.29, 0.717) is 5.02 Å². The molecule has 4 aromatic rings. The molecule has 5 rings (SSSR count). The van der Waals surface area contributed by atoms with Crippen LogP contribution in [-0.4, -0.2) is 29.8 Å². The molecular formula is C28H22ClNO4S. The van der Waals surface area contributed by atoms with Crippen molar-refractivity contribution in [2.75, 3.05) is 6.61 Å². The average molecular weight is 504 g/mol. The van der Waals surface area contributed by atoms with E-state index in [1.54, 1.807) is 6.07 Å². The summed E-state index contributed by atoms with van der Waals surface area (Å²) in [6, 6.07) is 26.3. The Bertz CT molecular complexity index is 1350. The van der Waals surface area contributed by atoms with E-state index in [9.17, 15) is 14.7 Å². The maximum Gasteiger partial charge on any atom is 0.407 e. The van der Waals surface area contributed by atoms with E-state index in [1.165, 1.54) is 11.3 Å². The van der Waals surface area contributed by atoms with Crippen molar-refractivity contribution >= 4 is 35.0 Å². The van der Waals surface area contributed by atoms with Gasteiger partial charge in [-0.2, -0.15) is 0 Å². The Balaban J connectivity index is 1.24. The standard InChI is InChI=1S/C28H22ClNO4S/c29-18-7-5-6-17(14-18)26-13-12-19(35-26)15-25(27(31)32)30-28(33)34-16-24-22-10-3-1-8-20(22)21-9-2-4-11-23(21)24/h1-14,24-25H,15-16H2,(H,30,33)(H,31,32). The number of thiophene rings is 1. The number of carbonyl (C=O) groups is 2.